The summed E-state index contributed by atoms with van der Waals surface area (Å²) in [5.74, 6) is -0.260. The summed E-state index contributed by atoms with van der Waals surface area (Å²) in [6.07, 6.45) is 1.10. The molecule has 0 aromatic heterocycles. The zero-order valence-corrected chi connectivity index (χ0v) is 11.7. The Kier molecular flexibility index (Phi) is 3.16. The molecule has 2 aliphatic rings. The van der Waals surface area contributed by atoms with Crippen molar-refractivity contribution in [3.8, 4) is 0 Å². The highest BCUT2D eigenvalue weighted by Gasteiger charge is 2.42. The third kappa shape index (κ3) is 2.25. The molecular weight excluding hydrogens is 246 g/mol. The normalized spacial score (nSPS) is 25.9. The fourth-order valence-corrected chi connectivity index (χ4v) is 2.78. The van der Waals surface area contributed by atoms with Crippen LogP contribution in [0.25, 0.3) is 0 Å². The lowest BCUT2D eigenvalue weighted by Gasteiger charge is -2.36. The van der Waals surface area contributed by atoms with Gasteiger partial charge in [0, 0.05) is 24.3 Å². The molecule has 2 rings (SSSR count). The Morgan fingerprint density at radius 3 is 2.63 bits per heavy atom. The molecule has 0 saturated heterocycles. The van der Waals surface area contributed by atoms with Crippen LogP contribution >= 0.6 is 0 Å². The number of ketones is 1. The molecular formula is C14H19NO4. The SMILES string of the molecule is COC(=O)C1=C(N)OC2=C(C(=O)CC(C)(C)C2)[C@H]1C. The van der Waals surface area contributed by atoms with Gasteiger partial charge in [-0.2, -0.15) is 0 Å². The van der Waals surface area contributed by atoms with Crippen molar-refractivity contribution in [2.75, 3.05) is 7.11 Å². The highest BCUT2D eigenvalue weighted by molar-refractivity contribution is 6.01. The molecule has 2 N–H and O–H groups in total. The molecule has 5 heteroatoms. The van der Waals surface area contributed by atoms with Crippen molar-refractivity contribution in [1.82, 2.24) is 0 Å². The molecule has 0 fully saturated rings. The van der Waals surface area contributed by atoms with Crippen LogP contribution in [0.3, 0.4) is 0 Å². The minimum Gasteiger partial charge on any atom is -0.465 e. The monoisotopic (exact) mass is 265 g/mol. The van der Waals surface area contributed by atoms with Gasteiger partial charge in [-0.1, -0.05) is 20.8 Å². The maximum absolute atomic E-state index is 12.3. The minimum absolute atomic E-state index is 0.0210. The molecule has 0 bridgehead atoms. The molecule has 0 amide bonds. The van der Waals surface area contributed by atoms with Gasteiger partial charge < -0.3 is 15.2 Å². The number of carbonyl (C=O) groups excluding carboxylic acids is 2. The zero-order valence-electron chi connectivity index (χ0n) is 11.7. The first kappa shape index (κ1) is 13.6. The van der Waals surface area contributed by atoms with Crippen LogP contribution in [0.4, 0.5) is 0 Å². The highest BCUT2D eigenvalue weighted by atomic mass is 16.5. The Morgan fingerprint density at radius 1 is 1.42 bits per heavy atom. The summed E-state index contributed by atoms with van der Waals surface area (Å²) in [6.45, 7) is 5.81. The number of allylic oxidation sites excluding steroid dienone is 2. The van der Waals surface area contributed by atoms with E-state index >= 15 is 0 Å². The molecule has 1 heterocycles. The minimum atomic E-state index is -0.547. The predicted octanol–water partition coefficient (Wildman–Crippen LogP) is 1.64. The van der Waals surface area contributed by atoms with Gasteiger partial charge in [-0.25, -0.2) is 4.79 Å². The first-order chi connectivity index (χ1) is 8.76. The van der Waals surface area contributed by atoms with Crippen molar-refractivity contribution in [3.05, 3.63) is 22.8 Å². The Hall–Kier alpha value is -1.78. The number of hydrogen-bond acceptors (Lipinski definition) is 5. The molecule has 0 spiro atoms. The average molecular weight is 265 g/mol. The second-order valence-corrected chi connectivity index (χ2v) is 5.87. The van der Waals surface area contributed by atoms with Crippen molar-refractivity contribution < 1.29 is 19.1 Å². The van der Waals surface area contributed by atoms with E-state index in [1.54, 1.807) is 6.92 Å². The lowest BCUT2D eigenvalue weighted by Crippen LogP contribution is -2.35. The van der Waals surface area contributed by atoms with Crippen LogP contribution < -0.4 is 5.73 Å². The number of Topliss-reactive ketones (excluding diaryl/α,β-unsaturated/α-hetero) is 1. The number of hydrogen-bond donors (Lipinski definition) is 1. The van der Waals surface area contributed by atoms with Crippen LogP contribution in [-0.4, -0.2) is 18.9 Å². The van der Waals surface area contributed by atoms with Crippen LogP contribution in [0, 0.1) is 11.3 Å². The van der Waals surface area contributed by atoms with E-state index in [9.17, 15) is 9.59 Å². The van der Waals surface area contributed by atoms with Gasteiger partial charge in [0.1, 0.15) is 11.3 Å². The number of nitrogens with two attached hydrogens (primary N) is 1. The smallest absolute Gasteiger partial charge is 0.339 e. The molecule has 19 heavy (non-hydrogen) atoms. The van der Waals surface area contributed by atoms with Gasteiger partial charge in [-0.05, 0) is 5.41 Å². The van der Waals surface area contributed by atoms with Gasteiger partial charge >= 0.3 is 5.97 Å². The van der Waals surface area contributed by atoms with Gasteiger partial charge in [0.25, 0.3) is 0 Å². The summed E-state index contributed by atoms with van der Waals surface area (Å²) in [5.41, 5.74) is 6.45. The maximum Gasteiger partial charge on any atom is 0.339 e. The standard InChI is InChI=1S/C14H19NO4/c1-7-10-8(16)5-14(2,3)6-9(10)19-12(15)11(7)13(17)18-4/h7H,5-6,15H2,1-4H3/t7-/m1/s1. The largest absolute Gasteiger partial charge is 0.465 e. The Labute approximate surface area is 112 Å². The van der Waals surface area contributed by atoms with E-state index in [2.05, 4.69) is 0 Å². The number of carbonyl (C=O) groups is 2. The zero-order chi connectivity index (χ0) is 14.4. The van der Waals surface area contributed by atoms with E-state index in [0.717, 1.165) is 0 Å². The molecule has 0 radical (unpaired) electrons. The number of rotatable bonds is 1. The molecule has 1 aliphatic heterocycles. The van der Waals surface area contributed by atoms with Crippen molar-refractivity contribution in [2.24, 2.45) is 17.1 Å². The van der Waals surface area contributed by atoms with Crippen molar-refractivity contribution in [1.29, 1.82) is 0 Å². The van der Waals surface area contributed by atoms with Crippen LogP contribution in [0.5, 0.6) is 0 Å². The predicted molar refractivity (Wildman–Crippen MR) is 68.5 cm³/mol. The summed E-state index contributed by atoms with van der Waals surface area (Å²) in [6, 6.07) is 0. The number of esters is 1. The van der Waals surface area contributed by atoms with Crippen LogP contribution in [-0.2, 0) is 19.1 Å². The molecule has 0 saturated carbocycles. The molecule has 1 atom stereocenters. The maximum atomic E-state index is 12.3. The third-order valence-electron chi connectivity index (χ3n) is 3.65. The summed E-state index contributed by atoms with van der Waals surface area (Å²) < 4.78 is 10.2. The van der Waals surface area contributed by atoms with E-state index in [1.807, 2.05) is 13.8 Å². The number of ether oxygens (including phenoxy) is 2. The van der Waals surface area contributed by atoms with Gasteiger partial charge in [-0.3, -0.25) is 4.79 Å². The van der Waals surface area contributed by atoms with Crippen molar-refractivity contribution in [3.63, 3.8) is 0 Å². The quantitative estimate of drug-likeness (QED) is 0.729. The molecule has 1 aliphatic carbocycles. The topological polar surface area (TPSA) is 78.6 Å². The van der Waals surface area contributed by atoms with Crippen molar-refractivity contribution >= 4 is 11.8 Å². The molecule has 104 valence electrons. The summed E-state index contributed by atoms with van der Waals surface area (Å²) >= 11 is 0. The van der Waals surface area contributed by atoms with Crippen molar-refractivity contribution in [2.45, 2.75) is 33.6 Å². The average Bonchev–Trinajstić information content (AvgIpc) is 2.25. The van der Waals surface area contributed by atoms with E-state index in [0.29, 0.717) is 24.2 Å². The first-order valence-corrected chi connectivity index (χ1v) is 6.29. The first-order valence-electron chi connectivity index (χ1n) is 6.29. The Balaban J connectivity index is 2.43. The molecule has 0 unspecified atom stereocenters. The highest BCUT2D eigenvalue weighted by Crippen LogP contribution is 2.44. The van der Waals surface area contributed by atoms with E-state index in [-0.39, 0.29) is 28.6 Å². The van der Waals surface area contributed by atoms with Gasteiger partial charge in [0.2, 0.25) is 5.88 Å². The van der Waals surface area contributed by atoms with E-state index in [1.165, 1.54) is 7.11 Å². The van der Waals surface area contributed by atoms with Gasteiger partial charge in [0.05, 0.1) is 7.11 Å². The second-order valence-electron chi connectivity index (χ2n) is 5.87. The van der Waals surface area contributed by atoms with Crippen LogP contribution in [0.1, 0.15) is 33.6 Å². The Morgan fingerprint density at radius 2 is 2.05 bits per heavy atom. The summed E-state index contributed by atoms with van der Waals surface area (Å²) in [5, 5.41) is 0. The second kappa shape index (κ2) is 4.40. The lowest BCUT2D eigenvalue weighted by molar-refractivity contribution is -0.137. The fourth-order valence-electron chi connectivity index (χ4n) is 2.78. The van der Waals surface area contributed by atoms with Gasteiger partial charge in [-0.15, -0.1) is 0 Å². The van der Waals surface area contributed by atoms with E-state index < -0.39 is 5.97 Å². The summed E-state index contributed by atoms with van der Waals surface area (Å²) in [7, 11) is 1.28. The van der Waals surface area contributed by atoms with Crippen LogP contribution in [0.15, 0.2) is 22.8 Å². The lowest BCUT2D eigenvalue weighted by atomic mass is 9.72. The fraction of sp³-hybridized carbons (Fsp3) is 0.571. The third-order valence-corrected chi connectivity index (χ3v) is 3.65. The van der Waals surface area contributed by atoms with Gasteiger partial charge in [0.15, 0.2) is 5.78 Å². The summed E-state index contributed by atoms with van der Waals surface area (Å²) in [4.78, 5) is 24.0. The Bertz CT molecular complexity index is 514. The van der Waals surface area contributed by atoms with E-state index in [4.69, 9.17) is 15.2 Å². The molecule has 5 nitrogen and oxygen atoms in total. The molecule has 0 aromatic carbocycles. The number of methoxy groups -OCH3 is 1. The molecule has 0 aromatic rings. The van der Waals surface area contributed by atoms with Crippen LogP contribution in [0.2, 0.25) is 0 Å².